The number of sulfonamides is 1. The summed E-state index contributed by atoms with van der Waals surface area (Å²) in [7, 11) is -3.72. The number of rotatable bonds is 6. The van der Waals surface area contributed by atoms with Gasteiger partial charge in [-0.25, -0.2) is 8.42 Å². The van der Waals surface area contributed by atoms with Crippen LogP contribution in [0.1, 0.15) is 13.3 Å². The van der Waals surface area contributed by atoms with Gasteiger partial charge in [-0.15, -0.1) is 0 Å². The Labute approximate surface area is 167 Å². The van der Waals surface area contributed by atoms with E-state index in [1.807, 2.05) is 0 Å². The predicted octanol–water partition coefficient (Wildman–Crippen LogP) is 4.83. The van der Waals surface area contributed by atoms with Crippen molar-refractivity contribution in [2.24, 2.45) is 0 Å². The molecule has 0 aliphatic heterocycles. The Balaban J connectivity index is 2.38. The van der Waals surface area contributed by atoms with Gasteiger partial charge < -0.3 is 5.32 Å². The summed E-state index contributed by atoms with van der Waals surface area (Å²) < 4.78 is 25.8. The number of halogens is 3. The second-order valence-electron chi connectivity index (χ2n) is 5.57. The van der Waals surface area contributed by atoms with Crippen molar-refractivity contribution < 1.29 is 13.2 Å². The Kier molecular flexibility index (Phi) is 6.80. The molecule has 0 aromatic heterocycles. The maximum absolute atomic E-state index is 12.8. The number of anilines is 2. The quantitative estimate of drug-likeness (QED) is 0.706. The van der Waals surface area contributed by atoms with Gasteiger partial charge in [0.25, 0.3) is 0 Å². The van der Waals surface area contributed by atoms with Crippen LogP contribution in [0.2, 0.25) is 15.1 Å². The molecule has 1 N–H and O–H groups in total. The van der Waals surface area contributed by atoms with Crippen LogP contribution in [-0.4, -0.2) is 26.6 Å². The molecule has 9 heteroatoms. The zero-order valence-electron chi connectivity index (χ0n) is 14.0. The summed E-state index contributed by atoms with van der Waals surface area (Å²) in [4.78, 5) is 12.8. The van der Waals surface area contributed by atoms with Crippen molar-refractivity contribution in [3.63, 3.8) is 0 Å². The molecule has 0 bridgehead atoms. The molecular formula is C17H17Cl3N2O3S. The Hall–Kier alpha value is -1.47. The third-order valence-electron chi connectivity index (χ3n) is 3.60. The van der Waals surface area contributed by atoms with Crippen molar-refractivity contribution in [1.29, 1.82) is 0 Å². The molecule has 1 atom stereocenters. The van der Waals surface area contributed by atoms with E-state index in [0.29, 0.717) is 21.4 Å². The smallest absolute Gasteiger partial charge is 0.248 e. The zero-order chi connectivity index (χ0) is 19.5. The lowest BCUT2D eigenvalue weighted by atomic mass is 10.2. The zero-order valence-corrected chi connectivity index (χ0v) is 17.1. The summed E-state index contributed by atoms with van der Waals surface area (Å²) >= 11 is 17.8. The first kappa shape index (κ1) is 20.8. The van der Waals surface area contributed by atoms with Crippen LogP contribution in [0.3, 0.4) is 0 Å². The molecular weight excluding hydrogens is 419 g/mol. The minimum atomic E-state index is -3.72. The Morgan fingerprint density at radius 3 is 2.15 bits per heavy atom. The average Bonchev–Trinajstić information content (AvgIpc) is 2.55. The number of carbonyl (C=O) groups excluding carboxylic acids is 1. The van der Waals surface area contributed by atoms with E-state index < -0.39 is 22.0 Å². The first-order valence-corrected chi connectivity index (χ1v) is 10.6. The fraction of sp³-hybridized carbons (Fsp3) is 0.235. The average molecular weight is 436 g/mol. The number of benzene rings is 2. The van der Waals surface area contributed by atoms with Crippen molar-refractivity contribution in [2.75, 3.05) is 15.9 Å². The molecule has 2 aromatic carbocycles. The van der Waals surface area contributed by atoms with E-state index in [0.717, 1.165) is 10.6 Å². The van der Waals surface area contributed by atoms with Crippen LogP contribution in [0.5, 0.6) is 0 Å². The van der Waals surface area contributed by atoms with E-state index in [9.17, 15) is 13.2 Å². The predicted molar refractivity (Wildman–Crippen MR) is 108 cm³/mol. The van der Waals surface area contributed by atoms with Crippen molar-refractivity contribution in [3.8, 4) is 0 Å². The molecule has 1 amide bonds. The fourth-order valence-corrected chi connectivity index (χ4v) is 4.25. The normalized spacial score (nSPS) is 12.5. The maximum atomic E-state index is 12.8. The van der Waals surface area contributed by atoms with Crippen LogP contribution in [0.25, 0.3) is 0 Å². The van der Waals surface area contributed by atoms with Gasteiger partial charge in [0.15, 0.2) is 0 Å². The lowest BCUT2D eigenvalue weighted by Crippen LogP contribution is -2.47. The van der Waals surface area contributed by atoms with Gasteiger partial charge in [0.1, 0.15) is 6.04 Å². The fourth-order valence-electron chi connectivity index (χ4n) is 2.46. The highest BCUT2D eigenvalue weighted by atomic mass is 35.5. The molecule has 1 unspecified atom stereocenters. The monoisotopic (exact) mass is 434 g/mol. The molecule has 26 heavy (non-hydrogen) atoms. The van der Waals surface area contributed by atoms with Gasteiger partial charge in [-0.1, -0.05) is 41.7 Å². The molecule has 0 radical (unpaired) electrons. The first-order chi connectivity index (χ1) is 12.1. The Bertz CT molecular complexity index is 902. The lowest BCUT2D eigenvalue weighted by molar-refractivity contribution is -0.117. The summed E-state index contributed by atoms with van der Waals surface area (Å²) in [6, 6.07) is 9.90. The topological polar surface area (TPSA) is 66.5 Å². The van der Waals surface area contributed by atoms with Crippen molar-refractivity contribution >= 4 is 62.1 Å². The molecule has 0 aliphatic rings. The maximum Gasteiger partial charge on any atom is 0.248 e. The van der Waals surface area contributed by atoms with Crippen molar-refractivity contribution in [2.45, 2.75) is 19.4 Å². The van der Waals surface area contributed by atoms with Gasteiger partial charge in [0, 0.05) is 10.0 Å². The molecule has 0 saturated carbocycles. The minimum Gasteiger partial charge on any atom is -0.323 e. The van der Waals surface area contributed by atoms with E-state index >= 15 is 0 Å². The lowest BCUT2D eigenvalue weighted by Gasteiger charge is -2.30. The number of hydrogen-bond donors (Lipinski definition) is 1. The van der Waals surface area contributed by atoms with Gasteiger partial charge in [-0.3, -0.25) is 9.10 Å². The highest BCUT2D eigenvalue weighted by molar-refractivity contribution is 7.92. The first-order valence-electron chi connectivity index (χ1n) is 7.64. The standard InChI is InChI=1S/C17H17Cl3N2O3S/c1-3-16(17(23)21-15-9-6-12(19)10-14(15)20)22(26(2,24)25)13-7-4-11(18)5-8-13/h4-10,16H,3H2,1-2H3,(H,21,23). The van der Waals surface area contributed by atoms with Crippen LogP contribution < -0.4 is 9.62 Å². The van der Waals surface area contributed by atoms with E-state index in [1.165, 1.54) is 6.07 Å². The van der Waals surface area contributed by atoms with Gasteiger partial charge in [-0.2, -0.15) is 0 Å². The molecule has 0 aliphatic carbocycles. The summed E-state index contributed by atoms with van der Waals surface area (Å²) in [5.41, 5.74) is 0.699. The number of nitrogens with one attached hydrogen (secondary N) is 1. The molecule has 0 fully saturated rings. The molecule has 5 nitrogen and oxygen atoms in total. The van der Waals surface area contributed by atoms with Crippen LogP contribution in [0, 0.1) is 0 Å². The van der Waals surface area contributed by atoms with Crippen molar-refractivity contribution in [1.82, 2.24) is 0 Å². The molecule has 0 spiro atoms. The summed E-state index contributed by atoms with van der Waals surface area (Å²) in [5.74, 6) is -0.503. The molecule has 2 rings (SSSR count). The highest BCUT2D eigenvalue weighted by Crippen LogP contribution is 2.28. The Morgan fingerprint density at radius 1 is 1.08 bits per heavy atom. The van der Waals surface area contributed by atoms with E-state index in [2.05, 4.69) is 5.32 Å². The number of carbonyl (C=O) groups is 1. The largest absolute Gasteiger partial charge is 0.323 e. The third-order valence-corrected chi connectivity index (χ3v) is 5.58. The molecule has 140 valence electrons. The van der Waals surface area contributed by atoms with Crippen molar-refractivity contribution in [3.05, 3.63) is 57.5 Å². The molecule has 2 aromatic rings. The second-order valence-corrected chi connectivity index (χ2v) is 8.71. The van der Waals surface area contributed by atoms with Gasteiger partial charge >= 0.3 is 0 Å². The highest BCUT2D eigenvalue weighted by Gasteiger charge is 2.31. The van der Waals surface area contributed by atoms with Gasteiger partial charge in [0.2, 0.25) is 15.9 Å². The summed E-state index contributed by atoms with van der Waals surface area (Å²) in [5, 5.41) is 3.82. The van der Waals surface area contributed by atoms with Crippen LogP contribution >= 0.6 is 34.8 Å². The van der Waals surface area contributed by atoms with Gasteiger partial charge in [-0.05, 0) is 48.9 Å². The number of amides is 1. The SMILES string of the molecule is CCC(C(=O)Nc1ccc(Cl)cc1Cl)N(c1ccc(Cl)cc1)S(C)(=O)=O. The minimum absolute atomic E-state index is 0.257. The second kappa shape index (κ2) is 8.48. The number of nitrogens with zero attached hydrogens (tertiary/aromatic N) is 1. The Morgan fingerprint density at radius 2 is 1.65 bits per heavy atom. The van der Waals surface area contributed by atoms with E-state index in [4.69, 9.17) is 34.8 Å². The van der Waals surface area contributed by atoms with E-state index in [-0.39, 0.29) is 11.4 Å². The van der Waals surface area contributed by atoms with E-state index in [1.54, 1.807) is 43.3 Å². The number of hydrogen-bond acceptors (Lipinski definition) is 3. The molecule has 0 heterocycles. The van der Waals surface area contributed by atoms with Crippen LogP contribution in [0.15, 0.2) is 42.5 Å². The van der Waals surface area contributed by atoms with Crippen LogP contribution in [0.4, 0.5) is 11.4 Å². The molecule has 0 saturated heterocycles. The van der Waals surface area contributed by atoms with Gasteiger partial charge in [0.05, 0.1) is 22.7 Å². The summed E-state index contributed by atoms with van der Waals surface area (Å²) in [6.07, 6.45) is 1.31. The van der Waals surface area contributed by atoms with Crippen LogP contribution in [-0.2, 0) is 14.8 Å². The summed E-state index contributed by atoms with van der Waals surface area (Å²) in [6.45, 7) is 1.72. The third kappa shape index (κ3) is 5.04.